The Balaban J connectivity index is 2.22. The van der Waals surface area contributed by atoms with Gasteiger partial charge in [-0.1, -0.05) is 31.7 Å². The molecule has 1 aromatic carbocycles. The number of rotatable bonds is 3. The topological polar surface area (TPSA) is 76.9 Å². The van der Waals surface area contributed by atoms with E-state index in [0.29, 0.717) is 24.1 Å². The summed E-state index contributed by atoms with van der Waals surface area (Å²) in [6.07, 6.45) is 1.64. The normalized spacial score (nSPS) is 24.1. The molecule has 0 bridgehead atoms. The molecule has 0 saturated heterocycles. The predicted octanol–water partition coefficient (Wildman–Crippen LogP) is 1.99. The fourth-order valence-electron chi connectivity index (χ4n) is 3.50. The third-order valence-electron chi connectivity index (χ3n) is 4.89. The summed E-state index contributed by atoms with van der Waals surface area (Å²) < 4.78 is 2.23. The summed E-state index contributed by atoms with van der Waals surface area (Å²) in [6, 6.07) is 8.67. The number of nitrogens with zero attached hydrogens (tertiary/aromatic N) is 2. The molecule has 24 heavy (non-hydrogen) atoms. The lowest BCUT2D eigenvalue weighted by Gasteiger charge is -2.38. The van der Waals surface area contributed by atoms with Crippen LogP contribution in [0.2, 0.25) is 0 Å². The lowest BCUT2D eigenvalue weighted by Crippen LogP contribution is -2.51. The number of Topliss-reactive ketones (excluding diaryl/α,β-unsaturated/α-hetero) is 1. The molecule has 126 valence electrons. The van der Waals surface area contributed by atoms with Gasteiger partial charge in [0.05, 0.1) is 5.69 Å². The van der Waals surface area contributed by atoms with Gasteiger partial charge < -0.3 is 0 Å². The van der Waals surface area contributed by atoms with Crippen LogP contribution < -0.4 is 11.4 Å². The Morgan fingerprint density at radius 2 is 1.92 bits per heavy atom. The Kier molecular flexibility index (Phi) is 3.91. The minimum Gasteiger partial charge on any atom is -0.297 e. The molecule has 3 rings (SSSR count). The van der Waals surface area contributed by atoms with Gasteiger partial charge in [0.1, 0.15) is 5.54 Å². The van der Waals surface area contributed by atoms with Crippen LogP contribution in [-0.4, -0.2) is 20.1 Å². The first-order valence-electron chi connectivity index (χ1n) is 8.07. The summed E-state index contributed by atoms with van der Waals surface area (Å²) in [5.41, 5.74) is -1.22. The maximum Gasteiger partial charge on any atom is 0.352 e. The van der Waals surface area contributed by atoms with Gasteiger partial charge in [-0.3, -0.25) is 4.79 Å². The van der Waals surface area contributed by atoms with Crippen molar-refractivity contribution in [1.82, 2.24) is 14.3 Å². The minimum atomic E-state index is -1.16. The second-order valence-electron chi connectivity index (χ2n) is 6.62. The van der Waals surface area contributed by atoms with Gasteiger partial charge in [-0.2, -0.15) is 0 Å². The van der Waals surface area contributed by atoms with Crippen LogP contribution in [0.25, 0.3) is 5.69 Å². The molecule has 0 unspecified atom stereocenters. The highest BCUT2D eigenvalue weighted by molar-refractivity contribution is 5.90. The van der Waals surface area contributed by atoms with Crippen LogP contribution >= 0.6 is 0 Å². The zero-order valence-electron chi connectivity index (χ0n) is 13.9. The van der Waals surface area contributed by atoms with Crippen molar-refractivity contribution in [2.45, 2.75) is 38.6 Å². The molecular formula is C18H21N3O3. The van der Waals surface area contributed by atoms with Gasteiger partial charge in [0.25, 0.3) is 0 Å². The Morgan fingerprint density at radius 3 is 2.50 bits per heavy atom. The molecule has 6 nitrogen and oxygen atoms in total. The first-order valence-corrected chi connectivity index (χ1v) is 8.07. The van der Waals surface area contributed by atoms with E-state index in [0.717, 1.165) is 11.0 Å². The van der Waals surface area contributed by atoms with E-state index in [1.54, 1.807) is 37.3 Å². The van der Waals surface area contributed by atoms with Crippen molar-refractivity contribution in [3.8, 4) is 5.69 Å². The molecule has 0 aliphatic heterocycles. The number of carbonyl (C=O) groups excluding carboxylic acids is 1. The molecule has 0 radical (unpaired) electrons. The summed E-state index contributed by atoms with van der Waals surface area (Å²) >= 11 is 0. The van der Waals surface area contributed by atoms with Crippen molar-refractivity contribution in [3.63, 3.8) is 0 Å². The van der Waals surface area contributed by atoms with E-state index in [1.807, 2.05) is 6.92 Å². The van der Waals surface area contributed by atoms with Crippen LogP contribution in [-0.2, 0) is 10.3 Å². The molecule has 1 saturated carbocycles. The quantitative estimate of drug-likeness (QED) is 0.876. The molecule has 1 aromatic heterocycles. The lowest BCUT2D eigenvalue weighted by molar-refractivity contribution is -0.130. The van der Waals surface area contributed by atoms with Crippen molar-refractivity contribution in [2.75, 3.05) is 0 Å². The zero-order chi connectivity index (χ0) is 17.5. The van der Waals surface area contributed by atoms with Crippen molar-refractivity contribution >= 4 is 5.78 Å². The maximum absolute atomic E-state index is 12.9. The van der Waals surface area contributed by atoms with Crippen LogP contribution in [0, 0.1) is 5.92 Å². The van der Waals surface area contributed by atoms with E-state index < -0.39 is 16.9 Å². The Bertz CT molecular complexity index is 904. The Morgan fingerprint density at radius 1 is 1.25 bits per heavy atom. The number of para-hydroxylation sites is 1. The third kappa shape index (κ3) is 2.29. The number of aromatic amines is 1. The fraction of sp³-hybridized carbons (Fsp3) is 0.389. The number of benzene rings is 1. The molecule has 1 aliphatic carbocycles. The third-order valence-corrected chi connectivity index (χ3v) is 4.89. The monoisotopic (exact) mass is 327 g/mol. The summed E-state index contributed by atoms with van der Waals surface area (Å²) in [5.74, 6) is 0.195. The molecular weight excluding hydrogens is 306 g/mol. The second-order valence-corrected chi connectivity index (χ2v) is 6.62. The minimum absolute atomic E-state index is 0.0719. The number of carbonyl (C=O) groups is 1. The number of aromatic nitrogens is 3. The van der Waals surface area contributed by atoms with Crippen LogP contribution in [0.4, 0.5) is 0 Å². The standard InChI is InChI=1S/C18H21N3O3/c1-12(2)18(10-9-13(3)11-15(18)22)21-17(24)20(16(23)19-21)14-7-5-4-6-8-14/h4-8,13H,1,9-11H2,2-3H3,(H,19,23)/t13-,18-/m1/s1. The zero-order valence-corrected chi connectivity index (χ0v) is 13.9. The molecule has 1 N–H and O–H groups in total. The van der Waals surface area contributed by atoms with Gasteiger partial charge in [0.15, 0.2) is 5.78 Å². The van der Waals surface area contributed by atoms with E-state index >= 15 is 0 Å². The van der Waals surface area contributed by atoms with Gasteiger partial charge in [-0.15, -0.1) is 0 Å². The van der Waals surface area contributed by atoms with Crippen LogP contribution in [0.3, 0.4) is 0 Å². The predicted molar refractivity (Wildman–Crippen MR) is 91.5 cm³/mol. The highest BCUT2D eigenvalue weighted by atomic mass is 16.2. The Hall–Kier alpha value is -2.63. The van der Waals surface area contributed by atoms with Gasteiger partial charge >= 0.3 is 11.4 Å². The van der Waals surface area contributed by atoms with E-state index in [1.165, 1.54) is 4.68 Å². The van der Waals surface area contributed by atoms with E-state index in [9.17, 15) is 14.4 Å². The molecule has 0 amide bonds. The smallest absolute Gasteiger partial charge is 0.297 e. The first kappa shape index (κ1) is 16.2. The summed E-state index contributed by atoms with van der Waals surface area (Å²) in [7, 11) is 0. The Labute approximate surface area is 139 Å². The molecule has 1 heterocycles. The first-order chi connectivity index (χ1) is 11.4. The van der Waals surface area contributed by atoms with Crippen molar-refractivity contribution < 1.29 is 4.79 Å². The number of hydrogen-bond donors (Lipinski definition) is 1. The van der Waals surface area contributed by atoms with Crippen molar-refractivity contribution in [1.29, 1.82) is 0 Å². The van der Waals surface area contributed by atoms with Crippen LogP contribution in [0.15, 0.2) is 52.1 Å². The highest BCUT2D eigenvalue weighted by Gasteiger charge is 2.46. The second kappa shape index (κ2) is 5.78. The van der Waals surface area contributed by atoms with Gasteiger partial charge in [0, 0.05) is 6.42 Å². The van der Waals surface area contributed by atoms with Gasteiger partial charge in [-0.05, 0) is 43.4 Å². The summed E-state index contributed by atoms with van der Waals surface area (Å²) in [6.45, 7) is 7.69. The molecule has 6 heteroatoms. The molecule has 0 spiro atoms. The van der Waals surface area contributed by atoms with Crippen LogP contribution in [0.1, 0.15) is 33.1 Å². The highest BCUT2D eigenvalue weighted by Crippen LogP contribution is 2.38. The fourth-order valence-corrected chi connectivity index (χ4v) is 3.50. The number of ketones is 1. The van der Waals surface area contributed by atoms with E-state index in [-0.39, 0.29) is 11.7 Å². The van der Waals surface area contributed by atoms with Crippen LogP contribution in [0.5, 0.6) is 0 Å². The number of nitrogens with one attached hydrogen (secondary N) is 1. The largest absolute Gasteiger partial charge is 0.352 e. The molecule has 1 fully saturated rings. The number of hydrogen-bond acceptors (Lipinski definition) is 3. The van der Waals surface area contributed by atoms with Gasteiger partial charge in [0.2, 0.25) is 0 Å². The van der Waals surface area contributed by atoms with Gasteiger partial charge in [-0.25, -0.2) is 23.9 Å². The van der Waals surface area contributed by atoms with Crippen molar-refractivity contribution in [3.05, 3.63) is 63.5 Å². The molecule has 2 atom stereocenters. The number of allylic oxidation sites excluding steroid dienone is 1. The summed E-state index contributed by atoms with van der Waals surface area (Å²) in [4.78, 5) is 38.1. The maximum atomic E-state index is 12.9. The van der Waals surface area contributed by atoms with E-state index in [4.69, 9.17) is 0 Å². The average molecular weight is 327 g/mol. The number of H-pyrrole nitrogens is 1. The molecule has 2 aromatic rings. The van der Waals surface area contributed by atoms with E-state index in [2.05, 4.69) is 11.7 Å². The lowest BCUT2D eigenvalue weighted by atomic mass is 9.73. The average Bonchev–Trinajstić information content (AvgIpc) is 2.83. The van der Waals surface area contributed by atoms with Crippen molar-refractivity contribution in [2.24, 2.45) is 5.92 Å². The molecule has 1 aliphatic rings. The summed E-state index contributed by atoms with van der Waals surface area (Å²) in [5, 5.41) is 2.58. The SMILES string of the molecule is C=C(C)[C@]1(n2[nH]c(=O)n(-c3ccccc3)c2=O)CC[C@@H](C)CC1=O.